The first kappa shape index (κ1) is 11.6. The van der Waals surface area contributed by atoms with Gasteiger partial charge in [0.2, 0.25) is 0 Å². The molecule has 1 heterocycles. The van der Waals surface area contributed by atoms with E-state index in [9.17, 15) is 4.39 Å². The highest BCUT2D eigenvalue weighted by atomic mass is 79.9. The molecule has 0 saturated carbocycles. The molecule has 0 amide bonds. The highest BCUT2D eigenvalue weighted by molar-refractivity contribution is 9.10. The van der Waals surface area contributed by atoms with Crippen LogP contribution in [0.25, 0.3) is 0 Å². The summed E-state index contributed by atoms with van der Waals surface area (Å²) in [5.74, 6) is -0.211. The van der Waals surface area contributed by atoms with E-state index in [0.717, 1.165) is 15.1 Å². The molecule has 0 spiro atoms. The number of hydrogen-bond donors (Lipinski definition) is 0. The maximum absolute atomic E-state index is 13.4. The van der Waals surface area contributed by atoms with Crippen LogP contribution in [0.1, 0.15) is 5.56 Å². The number of benzene rings is 1. The molecule has 0 aliphatic rings. The van der Waals surface area contributed by atoms with Gasteiger partial charge in [-0.15, -0.1) is 0 Å². The summed E-state index contributed by atoms with van der Waals surface area (Å²) in [7, 11) is 0. The lowest BCUT2D eigenvalue weighted by atomic mass is 10.3. The summed E-state index contributed by atoms with van der Waals surface area (Å²) in [6.45, 7) is 1.96. The number of aromatic nitrogens is 1. The zero-order valence-electron chi connectivity index (χ0n) is 8.58. The highest BCUT2D eigenvalue weighted by Crippen LogP contribution is 2.31. The van der Waals surface area contributed by atoms with Crippen LogP contribution in [-0.4, -0.2) is 4.98 Å². The first-order valence-electron chi connectivity index (χ1n) is 4.71. The average molecular weight is 298 g/mol. The highest BCUT2D eigenvalue weighted by Gasteiger charge is 2.06. The number of halogens is 2. The van der Waals surface area contributed by atoms with Crippen molar-refractivity contribution in [1.29, 1.82) is 0 Å². The van der Waals surface area contributed by atoms with Crippen molar-refractivity contribution in [3.63, 3.8) is 0 Å². The molecule has 2 aromatic rings. The van der Waals surface area contributed by atoms with Crippen molar-refractivity contribution in [1.82, 2.24) is 4.98 Å². The predicted molar refractivity (Wildman–Crippen MR) is 67.2 cm³/mol. The fourth-order valence-corrected chi connectivity index (χ4v) is 2.56. The van der Waals surface area contributed by atoms with Gasteiger partial charge in [-0.25, -0.2) is 9.37 Å². The second kappa shape index (κ2) is 4.97. The van der Waals surface area contributed by atoms with Crippen LogP contribution in [0.15, 0.2) is 50.9 Å². The number of nitrogens with zero attached hydrogens (tertiary/aromatic N) is 1. The molecule has 1 aromatic carbocycles. The maximum atomic E-state index is 13.4. The zero-order valence-corrected chi connectivity index (χ0v) is 11.0. The van der Waals surface area contributed by atoms with Gasteiger partial charge in [0.05, 0.1) is 0 Å². The molecule has 16 heavy (non-hydrogen) atoms. The molecule has 0 unspecified atom stereocenters. The smallest absolute Gasteiger partial charge is 0.137 e. The topological polar surface area (TPSA) is 12.9 Å². The van der Waals surface area contributed by atoms with Gasteiger partial charge in [0.1, 0.15) is 10.8 Å². The van der Waals surface area contributed by atoms with Gasteiger partial charge in [0.25, 0.3) is 0 Å². The fourth-order valence-electron chi connectivity index (χ4n) is 1.27. The molecule has 0 aliphatic carbocycles. The summed E-state index contributed by atoms with van der Waals surface area (Å²) < 4.78 is 14.4. The largest absolute Gasteiger partial charge is 0.248 e. The Labute approximate surface area is 106 Å². The van der Waals surface area contributed by atoms with Gasteiger partial charge >= 0.3 is 0 Å². The number of rotatable bonds is 2. The summed E-state index contributed by atoms with van der Waals surface area (Å²) in [5.41, 5.74) is 1.03. The molecule has 2 rings (SSSR count). The Kier molecular flexibility index (Phi) is 3.61. The van der Waals surface area contributed by atoms with Crippen LogP contribution in [-0.2, 0) is 0 Å². The Bertz CT molecular complexity index is 516. The molecule has 0 saturated heterocycles. The molecule has 4 heteroatoms. The van der Waals surface area contributed by atoms with E-state index in [2.05, 4.69) is 20.9 Å². The van der Waals surface area contributed by atoms with E-state index in [1.807, 2.05) is 19.1 Å². The molecular weight excluding hydrogens is 289 g/mol. The van der Waals surface area contributed by atoms with E-state index in [1.165, 1.54) is 17.8 Å². The van der Waals surface area contributed by atoms with E-state index >= 15 is 0 Å². The molecule has 0 aliphatic heterocycles. The summed E-state index contributed by atoms with van der Waals surface area (Å²) >= 11 is 4.69. The Balaban J connectivity index is 2.31. The van der Waals surface area contributed by atoms with E-state index in [-0.39, 0.29) is 5.82 Å². The van der Waals surface area contributed by atoms with E-state index in [4.69, 9.17) is 0 Å². The summed E-state index contributed by atoms with van der Waals surface area (Å²) in [4.78, 5) is 4.86. The zero-order chi connectivity index (χ0) is 11.5. The summed E-state index contributed by atoms with van der Waals surface area (Å²) in [6, 6.07) is 8.68. The van der Waals surface area contributed by atoms with Gasteiger partial charge in [0.15, 0.2) is 0 Å². The van der Waals surface area contributed by atoms with Crippen molar-refractivity contribution < 1.29 is 4.39 Å². The minimum atomic E-state index is -0.211. The Morgan fingerprint density at radius 1 is 1.31 bits per heavy atom. The van der Waals surface area contributed by atoms with Crippen LogP contribution < -0.4 is 0 Å². The van der Waals surface area contributed by atoms with Crippen LogP contribution in [0.2, 0.25) is 0 Å². The Morgan fingerprint density at radius 2 is 2.06 bits per heavy atom. The van der Waals surface area contributed by atoms with Crippen LogP contribution in [0.5, 0.6) is 0 Å². The molecule has 0 atom stereocenters. The predicted octanol–water partition coefficient (Wildman–Crippen LogP) is 4.44. The second-order valence-electron chi connectivity index (χ2n) is 3.31. The number of hydrogen-bond acceptors (Lipinski definition) is 2. The molecule has 0 fully saturated rings. The normalized spacial score (nSPS) is 10.4. The van der Waals surface area contributed by atoms with Crippen LogP contribution in [0, 0.1) is 12.7 Å². The summed E-state index contributed by atoms with van der Waals surface area (Å²) in [6.07, 6.45) is 1.72. The standard InChI is InChI=1S/C12H9BrFNS/c1-8-6-9(13)7-15-12(8)16-11-5-3-2-4-10(11)14/h2-7H,1H3. The quantitative estimate of drug-likeness (QED) is 0.813. The molecule has 0 N–H and O–H groups in total. The minimum absolute atomic E-state index is 0.211. The second-order valence-corrected chi connectivity index (χ2v) is 5.25. The third kappa shape index (κ3) is 2.62. The first-order valence-corrected chi connectivity index (χ1v) is 6.32. The first-order chi connectivity index (χ1) is 7.66. The lowest BCUT2D eigenvalue weighted by Crippen LogP contribution is -1.87. The van der Waals surface area contributed by atoms with E-state index in [1.54, 1.807) is 18.3 Å². The van der Waals surface area contributed by atoms with Gasteiger partial charge in [-0.2, -0.15) is 0 Å². The molecule has 82 valence electrons. The summed E-state index contributed by atoms with van der Waals surface area (Å²) in [5, 5.41) is 0.827. The number of aryl methyl sites for hydroxylation is 1. The van der Waals surface area contributed by atoms with Crippen molar-refractivity contribution in [3.8, 4) is 0 Å². The third-order valence-corrected chi connectivity index (χ3v) is 3.65. The van der Waals surface area contributed by atoms with Gasteiger partial charge in [0, 0.05) is 15.6 Å². The lowest BCUT2D eigenvalue weighted by molar-refractivity contribution is 0.602. The van der Waals surface area contributed by atoms with Crippen LogP contribution in [0.4, 0.5) is 4.39 Å². The Hall–Kier alpha value is -0.870. The Morgan fingerprint density at radius 3 is 2.75 bits per heavy atom. The van der Waals surface area contributed by atoms with Crippen molar-refractivity contribution in [2.75, 3.05) is 0 Å². The molecule has 0 radical (unpaired) electrons. The molecule has 1 aromatic heterocycles. The van der Waals surface area contributed by atoms with Gasteiger partial charge < -0.3 is 0 Å². The van der Waals surface area contributed by atoms with Crippen LogP contribution >= 0.6 is 27.7 Å². The third-order valence-electron chi connectivity index (χ3n) is 2.04. The van der Waals surface area contributed by atoms with Crippen molar-refractivity contribution in [2.45, 2.75) is 16.8 Å². The van der Waals surface area contributed by atoms with Gasteiger partial charge in [-0.3, -0.25) is 0 Å². The van der Waals surface area contributed by atoms with Crippen LogP contribution in [0.3, 0.4) is 0 Å². The SMILES string of the molecule is Cc1cc(Br)cnc1Sc1ccccc1F. The monoisotopic (exact) mass is 297 g/mol. The van der Waals surface area contributed by atoms with Gasteiger partial charge in [-0.1, -0.05) is 23.9 Å². The lowest BCUT2D eigenvalue weighted by Gasteiger charge is -2.05. The maximum Gasteiger partial charge on any atom is 0.137 e. The van der Waals surface area contributed by atoms with E-state index < -0.39 is 0 Å². The van der Waals surface area contributed by atoms with Crippen molar-refractivity contribution >= 4 is 27.7 Å². The van der Waals surface area contributed by atoms with Crippen molar-refractivity contribution in [2.24, 2.45) is 0 Å². The molecule has 0 bridgehead atoms. The molecule has 1 nitrogen and oxygen atoms in total. The van der Waals surface area contributed by atoms with E-state index in [0.29, 0.717) is 4.90 Å². The average Bonchev–Trinajstić information content (AvgIpc) is 2.25. The minimum Gasteiger partial charge on any atom is -0.248 e. The fraction of sp³-hybridized carbons (Fsp3) is 0.0833. The van der Waals surface area contributed by atoms with Crippen molar-refractivity contribution in [3.05, 3.63) is 52.4 Å². The van der Waals surface area contributed by atoms with Gasteiger partial charge in [-0.05, 0) is 46.6 Å². The molecular formula is C12H9BrFNS. The number of pyridine rings is 1.